The first-order valence-electron chi connectivity index (χ1n) is 6.56. The minimum atomic E-state index is -0.116. The Labute approximate surface area is 106 Å². The molecule has 1 unspecified atom stereocenters. The number of esters is 1. The Morgan fingerprint density at radius 2 is 2.12 bits per heavy atom. The smallest absolute Gasteiger partial charge is 0.305 e. The Balaban J connectivity index is 0.00000121. The summed E-state index contributed by atoms with van der Waals surface area (Å²) in [4.78, 5) is 11.0. The van der Waals surface area contributed by atoms with Gasteiger partial charge in [-0.05, 0) is 32.1 Å². The molecule has 0 aliphatic heterocycles. The van der Waals surface area contributed by atoms with E-state index < -0.39 is 0 Å². The van der Waals surface area contributed by atoms with Crippen molar-refractivity contribution in [1.29, 1.82) is 0 Å². The Kier molecular flexibility index (Phi) is 8.47. The molecule has 1 aliphatic rings. The lowest BCUT2D eigenvalue weighted by molar-refractivity contribution is -0.140. The van der Waals surface area contributed by atoms with Crippen LogP contribution in [0.5, 0.6) is 0 Å². The van der Waals surface area contributed by atoms with E-state index in [0.29, 0.717) is 12.3 Å². The molecule has 0 aromatic heterocycles. The number of hydrogen-bond acceptors (Lipinski definition) is 2. The van der Waals surface area contributed by atoms with Crippen molar-refractivity contribution in [1.82, 2.24) is 0 Å². The van der Waals surface area contributed by atoms with E-state index in [-0.39, 0.29) is 5.97 Å². The molecule has 0 aromatic carbocycles. The van der Waals surface area contributed by atoms with Crippen LogP contribution >= 0.6 is 0 Å². The van der Waals surface area contributed by atoms with Crippen LogP contribution in [-0.4, -0.2) is 13.1 Å². The fraction of sp³-hybridized carbons (Fsp3) is 0.667. The van der Waals surface area contributed by atoms with Gasteiger partial charge < -0.3 is 4.74 Å². The standard InChI is InChI=1S/C13H20O2.C2H6/c1-10-4-5-12(9-11(2)8-10)6-7-13(14)15-3;1-2/h8-10H,4-7H2,1-3H3;1-2H3. The lowest BCUT2D eigenvalue weighted by Gasteiger charge is -2.06. The fourth-order valence-corrected chi connectivity index (χ4v) is 1.95. The fourth-order valence-electron chi connectivity index (χ4n) is 1.95. The molecule has 0 saturated carbocycles. The van der Waals surface area contributed by atoms with Crippen molar-refractivity contribution in [3.8, 4) is 0 Å². The zero-order valence-electron chi connectivity index (χ0n) is 11.9. The minimum Gasteiger partial charge on any atom is -0.469 e. The van der Waals surface area contributed by atoms with Gasteiger partial charge in [0.15, 0.2) is 0 Å². The average Bonchev–Trinajstić information content (AvgIpc) is 2.49. The topological polar surface area (TPSA) is 26.3 Å². The summed E-state index contributed by atoms with van der Waals surface area (Å²) in [6, 6.07) is 0. The van der Waals surface area contributed by atoms with Gasteiger partial charge in [-0.3, -0.25) is 4.79 Å². The van der Waals surface area contributed by atoms with Gasteiger partial charge in [0, 0.05) is 6.42 Å². The SMILES string of the molecule is CC.COC(=O)CCC1=CC(C)=CC(C)CC1. The summed E-state index contributed by atoms with van der Waals surface area (Å²) in [6.45, 7) is 8.36. The molecule has 0 fully saturated rings. The first-order chi connectivity index (χ1) is 8.11. The minimum absolute atomic E-state index is 0.116. The van der Waals surface area contributed by atoms with Crippen LogP contribution in [0.1, 0.15) is 53.4 Å². The van der Waals surface area contributed by atoms with Crippen molar-refractivity contribution in [3.63, 3.8) is 0 Å². The Morgan fingerprint density at radius 1 is 1.47 bits per heavy atom. The Morgan fingerprint density at radius 3 is 2.71 bits per heavy atom. The zero-order chi connectivity index (χ0) is 13.3. The van der Waals surface area contributed by atoms with Gasteiger partial charge in [-0.1, -0.05) is 44.1 Å². The molecule has 2 nitrogen and oxygen atoms in total. The van der Waals surface area contributed by atoms with Gasteiger partial charge in [-0.25, -0.2) is 0 Å². The second kappa shape index (κ2) is 9.03. The molecule has 0 bridgehead atoms. The maximum atomic E-state index is 11.0. The molecule has 0 aromatic rings. The second-order valence-corrected chi connectivity index (χ2v) is 4.31. The molecule has 0 radical (unpaired) electrons. The van der Waals surface area contributed by atoms with Gasteiger partial charge in [0.2, 0.25) is 0 Å². The number of hydrogen-bond donors (Lipinski definition) is 0. The molecule has 98 valence electrons. The number of allylic oxidation sites excluding steroid dienone is 4. The maximum absolute atomic E-state index is 11.0. The normalized spacial score (nSPS) is 19.2. The summed E-state index contributed by atoms with van der Waals surface area (Å²) in [5.41, 5.74) is 2.69. The summed E-state index contributed by atoms with van der Waals surface area (Å²) < 4.78 is 4.64. The van der Waals surface area contributed by atoms with Gasteiger partial charge in [0.05, 0.1) is 7.11 Å². The van der Waals surface area contributed by atoms with Crippen LogP contribution in [0.25, 0.3) is 0 Å². The van der Waals surface area contributed by atoms with E-state index in [0.717, 1.165) is 12.8 Å². The van der Waals surface area contributed by atoms with Gasteiger partial charge in [-0.15, -0.1) is 0 Å². The predicted molar refractivity (Wildman–Crippen MR) is 72.8 cm³/mol. The monoisotopic (exact) mass is 238 g/mol. The summed E-state index contributed by atoms with van der Waals surface area (Å²) >= 11 is 0. The number of carbonyl (C=O) groups is 1. The van der Waals surface area contributed by atoms with Crippen LogP contribution in [-0.2, 0) is 9.53 Å². The molecule has 0 spiro atoms. The van der Waals surface area contributed by atoms with Crippen LogP contribution in [0.3, 0.4) is 0 Å². The predicted octanol–water partition coefficient (Wildman–Crippen LogP) is 4.27. The van der Waals surface area contributed by atoms with Crippen molar-refractivity contribution in [2.45, 2.75) is 53.4 Å². The quantitative estimate of drug-likeness (QED) is 0.686. The number of carbonyl (C=O) groups excluding carboxylic acids is 1. The van der Waals surface area contributed by atoms with Crippen molar-refractivity contribution in [2.75, 3.05) is 7.11 Å². The number of ether oxygens (including phenoxy) is 1. The summed E-state index contributed by atoms with van der Waals surface area (Å²) in [5.74, 6) is 0.534. The van der Waals surface area contributed by atoms with E-state index in [1.54, 1.807) is 0 Å². The van der Waals surface area contributed by atoms with Crippen LogP contribution in [0.4, 0.5) is 0 Å². The molecule has 1 aliphatic carbocycles. The first-order valence-corrected chi connectivity index (χ1v) is 6.56. The highest BCUT2D eigenvalue weighted by Gasteiger charge is 2.09. The Bertz CT molecular complexity index is 287. The van der Waals surface area contributed by atoms with Crippen molar-refractivity contribution < 1.29 is 9.53 Å². The van der Waals surface area contributed by atoms with Crippen molar-refractivity contribution in [3.05, 3.63) is 23.3 Å². The van der Waals surface area contributed by atoms with E-state index in [1.165, 1.54) is 24.7 Å². The first kappa shape index (κ1) is 16.0. The van der Waals surface area contributed by atoms with Gasteiger partial charge >= 0.3 is 5.97 Å². The molecule has 17 heavy (non-hydrogen) atoms. The number of rotatable bonds is 3. The molecule has 1 rings (SSSR count). The largest absolute Gasteiger partial charge is 0.469 e. The van der Waals surface area contributed by atoms with Crippen molar-refractivity contribution >= 4 is 5.97 Å². The second-order valence-electron chi connectivity index (χ2n) is 4.31. The van der Waals surface area contributed by atoms with Gasteiger partial charge in [0.1, 0.15) is 0 Å². The molecular formula is C15H26O2. The zero-order valence-corrected chi connectivity index (χ0v) is 11.9. The summed E-state index contributed by atoms with van der Waals surface area (Å²) in [7, 11) is 1.44. The summed E-state index contributed by atoms with van der Waals surface area (Å²) in [5, 5.41) is 0. The molecule has 0 N–H and O–H groups in total. The molecule has 2 heteroatoms. The van der Waals surface area contributed by atoms with Crippen molar-refractivity contribution in [2.24, 2.45) is 5.92 Å². The van der Waals surface area contributed by atoms with Gasteiger partial charge in [0.25, 0.3) is 0 Å². The van der Waals surface area contributed by atoms with E-state index in [1.807, 2.05) is 13.8 Å². The van der Waals surface area contributed by atoms with Crippen LogP contribution < -0.4 is 0 Å². The highest BCUT2D eigenvalue weighted by molar-refractivity contribution is 5.69. The lowest BCUT2D eigenvalue weighted by Crippen LogP contribution is -2.00. The third kappa shape index (κ3) is 6.98. The highest BCUT2D eigenvalue weighted by Crippen LogP contribution is 2.24. The molecule has 1 atom stereocenters. The van der Waals surface area contributed by atoms with Crippen LogP contribution in [0, 0.1) is 5.92 Å². The van der Waals surface area contributed by atoms with Gasteiger partial charge in [-0.2, -0.15) is 0 Å². The number of methoxy groups -OCH3 is 1. The van der Waals surface area contributed by atoms with E-state index >= 15 is 0 Å². The Hall–Kier alpha value is -1.05. The third-order valence-corrected chi connectivity index (χ3v) is 2.78. The highest BCUT2D eigenvalue weighted by atomic mass is 16.5. The third-order valence-electron chi connectivity index (χ3n) is 2.78. The van der Waals surface area contributed by atoms with Crippen LogP contribution in [0.15, 0.2) is 23.3 Å². The van der Waals surface area contributed by atoms with E-state index in [9.17, 15) is 4.79 Å². The van der Waals surface area contributed by atoms with Crippen LogP contribution in [0.2, 0.25) is 0 Å². The molecule has 0 heterocycles. The maximum Gasteiger partial charge on any atom is 0.305 e. The lowest BCUT2D eigenvalue weighted by atomic mass is 10.0. The van der Waals surface area contributed by atoms with E-state index in [2.05, 4.69) is 30.7 Å². The molecular weight excluding hydrogens is 212 g/mol. The molecule has 0 saturated heterocycles. The average molecular weight is 238 g/mol. The van der Waals surface area contributed by atoms with E-state index in [4.69, 9.17) is 0 Å². The summed E-state index contributed by atoms with van der Waals surface area (Å²) in [6.07, 6.45) is 8.14. The molecule has 0 amide bonds.